The number of nitrogens with zero attached hydrogens (tertiary/aromatic N) is 1. The molecule has 2 unspecified atom stereocenters. The first kappa shape index (κ1) is 17.6. The molecule has 0 radical (unpaired) electrons. The molecule has 1 aromatic heterocycles. The molecule has 3 N–H and O–H groups in total. The van der Waals surface area contributed by atoms with Crippen LogP contribution in [0.4, 0.5) is 0 Å². The van der Waals surface area contributed by atoms with E-state index < -0.39 is 0 Å². The van der Waals surface area contributed by atoms with E-state index in [0.29, 0.717) is 6.54 Å². The predicted molar refractivity (Wildman–Crippen MR) is 93.3 cm³/mol. The van der Waals surface area contributed by atoms with Crippen molar-refractivity contribution in [2.75, 3.05) is 13.7 Å². The van der Waals surface area contributed by atoms with Crippen molar-refractivity contribution in [2.24, 2.45) is 5.73 Å². The fourth-order valence-corrected chi connectivity index (χ4v) is 3.42. The van der Waals surface area contributed by atoms with Crippen LogP contribution in [-0.4, -0.2) is 30.6 Å². The highest BCUT2D eigenvalue weighted by Crippen LogP contribution is 2.31. The average Bonchev–Trinajstić information content (AvgIpc) is 2.95. The highest BCUT2D eigenvalue weighted by molar-refractivity contribution is 7.15. The number of carbonyl (C=O) groups is 1. The Hall–Kier alpha value is -1.76. The van der Waals surface area contributed by atoms with Crippen molar-refractivity contribution in [1.29, 1.82) is 0 Å². The summed E-state index contributed by atoms with van der Waals surface area (Å²) in [5, 5.41) is 3.97. The molecule has 0 saturated carbocycles. The Morgan fingerprint density at radius 2 is 2.09 bits per heavy atom. The predicted octanol–water partition coefficient (Wildman–Crippen LogP) is 2.66. The lowest BCUT2D eigenvalue weighted by atomic mass is 10.2. The monoisotopic (exact) mass is 333 g/mol. The lowest BCUT2D eigenvalue weighted by Crippen LogP contribution is -2.33. The van der Waals surface area contributed by atoms with Crippen LogP contribution in [0.1, 0.15) is 30.0 Å². The fraction of sp³-hybridized carbons (Fsp3) is 0.412. The second-order valence-electron chi connectivity index (χ2n) is 5.42. The summed E-state index contributed by atoms with van der Waals surface area (Å²) in [6, 6.07) is 9.96. The van der Waals surface area contributed by atoms with Gasteiger partial charge < -0.3 is 15.8 Å². The van der Waals surface area contributed by atoms with Crippen molar-refractivity contribution >= 4 is 17.2 Å². The van der Waals surface area contributed by atoms with Crippen LogP contribution in [0.3, 0.4) is 0 Å². The standard InChI is InChI=1S/C17H23N3O2S/c1-11(19-15(21)9-14(10-18)22-3)16-12(2)20-17(23-16)13-7-5-4-6-8-13/h4-8,11,14H,9-10,18H2,1-3H3,(H,19,21). The van der Waals surface area contributed by atoms with Crippen LogP contribution in [0.25, 0.3) is 10.6 Å². The maximum absolute atomic E-state index is 12.1. The third-order valence-electron chi connectivity index (χ3n) is 3.63. The molecule has 6 heteroatoms. The molecule has 0 fully saturated rings. The van der Waals surface area contributed by atoms with Crippen molar-refractivity contribution < 1.29 is 9.53 Å². The summed E-state index contributed by atoms with van der Waals surface area (Å²) in [6.07, 6.45) is 0.0189. The summed E-state index contributed by atoms with van der Waals surface area (Å²) in [5.41, 5.74) is 7.59. The molecule has 0 saturated heterocycles. The molecule has 1 amide bonds. The zero-order valence-corrected chi connectivity index (χ0v) is 14.5. The Bertz CT molecular complexity index is 639. The molecule has 2 atom stereocenters. The number of ether oxygens (including phenoxy) is 1. The molecule has 0 bridgehead atoms. The number of benzene rings is 1. The van der Waals surface area contributed by atoms with Crippen LogP contribution < -0.4 is 11.1 Å². The van der Waals surface area contributed by atoms with Gasteiger partial charge in [-0.15, -0.1) is 11.3 Å². The van der Waals surface area contributed by atoms with Crippen molar-refractivity contribution in [3.63, 3.8) is 0 Å². The van der Waals surface area contributed by atoms with E-state index in [1.54, 1.807) is 18.4 Å². The number of nitrogens with one attached hydrogen (secondary N) is 1. The smallest absolute Gasteiger partial charge is 0.223 e. The van der Waals surface area contributed by atoms with Crippen LogP contribution in [0, 0.1) is 6.92 Å². The number of hydrogen-bond acceptors (Lipinski definition) is 5. The van der Waals surface area contributed by atoms with E-state index in [-0.39, 0.29) is 24.5 Å². The Morgan fingerprint density at radius 1 is 1.39 bits per heavy atom. The van der Waals surface area contributed by atoms with E-state index in [2.05, 4.69) is 10.3 Å². The topological polar surface area (TPSA) is 77.2 Å². The fourth-order valence-electron chi connectivity index (χ4n) is 2.35. The highest BCUT2D eigenvalue weighted by Gasteiger charge is 2.19. The van der Waals surface area contributed by atoms with E-state index in [4.69, 9.17) is 10.5 Å². The molecule has 5 nitrogen and oxygen atoms in total. The molecule has 0 aliphatic rings. The molecule has 1 aromatic carbocycles. The van der Waals surface area contributed by atoms with Gasteiger partial charge in [-0.3, -0.25) is 4.79 Å². The third-order valence-corrected chi connectivity index (χ3v) is 5.02. The number of thiazole rings is 1. The van der Waals surface area contributed by atoms with Gasteiger partial charge in [0, 0.05) is 19.2 Å². The Kier molecular flexibility index (Phi) is 6.27. The van der Waals surface area contributed by atoms with E-state index in [1.165, 1.54) is 0 Å². The molecular formula is C17H23N3O2S. The minimum absolute atomic E-state index is 0.0659. The van der Waals surface area contributed by atoms with E-state index in [1.807, 2.05) is 44.2 Å². The molecule has 0 aliphatic heterocycles. The second kappa shape index (κ2) is 8.19. The van der Waals surface area contributed by atoms with Gasteiger partial charge >= 0.3 is 0 Å². The van der Waals surface area contributed by atoms with Gasteiger partial charge in [-0.05, 0) is 13.8 Å². The van der Waals surface area contributed by atoms with Crippen molar-refractivity contribution in [1.82, 2.24) is 10.3 Å². The highest BCUT2D eigenvalue weighted by atomic mass is 32.1. The molecule has 0 aliphatic carbocycles. The van der Waals surface area contributed by atoms with Gasteiger partial charge in [0.1, 0.15) is 5.01 Å². The minimum Gasteiger partial charge on any atom is -0.380 e. The van der Waals surface area contributed by atoms with Gasteiger partial charge in [0.05, 0.1) is 29.1 Å². The Balaban J connectivity index is 2.07. The van der Waals surface area contributed by atoms with Crippen molar-refractivity contribution in [3.05, 3.63) is 40.9 Å². The summed E-state index contributed by atoms with van der Waals surface area (Å²) >= 11 is 1.61. The number of amides is 1. The molecule has 2 rings (SSSR count). The van der Waals surface area contributed by atoms with Gasteiger partial charge in [0.25, 0.3) is 0 Å². The van der Waals surface area contributed by atoms with Crippen LogP contribution in [0.2, 0.25) is 0 Å². The van der Waals surface area contributed by atoms with Crippen LogP contribution in [-0.2, 0) is 9.53 Å². The van der Waals surface area contributed by atoms with E-state index >= 15 is 0 Å². The number of aryl methyl sites for hydroxylation is 1. The maximum Gasteiger partial charge on any atom is 0.223 e. The Labute approximate surface area is 140 Å². The number of methoxy groups -OCH3 is 1. The third kappa shape index (κ3) is 4.60. The normalized spacial score (nSPS) is 13.6. The van der Waals surface area contributed by atoms with E-state index in [9.17, 15) is 4.79 Å². The van der Waals surface area contributed by atoms with Gasteiger partial charge in [-0.1, -0.05) is 30.3 Å². The molecule has 1 heterocycles. The first-order chi connectivity index (χ1) is 11.0. The number of aromatic nitrogens is 1. The van der Waals surface area contributed by atoms with Gasteiger partial charge in [0.2, 0.25) is 5.91 Å². The lowest BCUT2D eigenvalue weighted by molar-refractivity contribution is -0.124. The van der Waals surface area contributed by atoms with Crippen LogP contribution in [0.5, 0.6) is 0 Å². The summed E-state index contributed by atoms with van der Waals surface area (Å²) in [4.78, 5) is 17.8. The molecule has 2 aromatic rings. The lowest BCUT2D eigenvalue weighted by Gasteiger charge is -2.16. The number of nitrogens with two attached hydrogens (primary N) is 1. The number of hydrogen-bond donors (Lipinski definition) is 2. The first-order valence-corrected chi connectivity index (χ1v) is 8.41. The largest absolute Gasteiger partial charge is 0.380 e. The zero-order chi connectivity index (χ0) is 16.8. The number of rotatable bonds is 7. The van der Waals surface area contributed by atoms with Crippen molar-refractivity contribution in [3.8, 4) is 10.6 Å². The summed E-state index contributed by atoms with van der Waals surface area (Å²) in [6.45, 7) is 4.27. The van der Waals surface area contributed by atoms with Crippen LogP contribution in [0.15, 0.2) is 30.3 Å². The van der Waals surface area contributed by atoms with Crippen LogP contribution >= 0.6 is 11.3 Å². The number of carbonyl (C=O) groups excluding carboxylic acids is 1. The maximum atomic E-state index is 12.1. The molecule has 23 heavy (non-hydrogen) atoms. The molecular weight excluding hydrogens is 310 g/mol. The SMILES string of the molecule is COC(CN)CC(=O)NC(C)c1sc(-c2ccccc2)nc1C. The van der Waals surface area contributed by atoms with E-state index in [0.717, 1.165) is 21.1 Å². The van der Waals surface area contributed by atoms with Gasteiger partial charge in [-0.2, -0.15) is 0 Å². The molecule has 0 spiro atoms. The first-order valence-electron chi connectivity index (χ1n) is 7.60. The summed E-state index contributed by atoms with van der Waals surface area (Å²) in [5.74, 6) is -0.0659. The van der Waals surface area contributed by atoms with Gasteiger partial charge in [-0.25, -0.2) is 4.98 Å². The van der Waals surface area contributed by atoms with Crippen molar-refractivity contribution in [2.45, 2.75) is 32.4 Å². The Morgan fingerprint density at radius 3 is 2.70 bits per heavy atom. The van der Waals surface area contributed by atoms with Gasteiger partial charge in [0.15, 0.2) is 0 Å². The quantitative estimate of drug-likeness (QED) is 0.816. The minimum atomic E-state index is -0.246. The summed E-state index contributed by atoms with van der Waals surface area (Å²) < 4.78 is 5.15. The average molecular weight is 333 g/mol. The zero-order valence-electron chi connectivity index (χ0n) is 13.7. The summed E-state index contributed by atoms with van der Waals surface area (Å²) in [7, 11) is 1.56. The second-order valence-corrected chi connectivity index (χ2v) is 6.45. The molecule has 124 valence electrons.